The number of carbonyl (C=O) groups excluding carboxylic acids is 1. The van der Waals surface area contributed by atoms with Crippen LogP contribution in [0.15, 0.2) is 0 Å². The maximum Gasteiger partial charge on any atom is 0.209 e. The zero-order valence-corrected chi connectivity index (χ0v) is 8.62. The van der Waals surface area contributed by atoms with E-state index in [4.69, 9.17) is 5.73 Å². The fourth-order valence-corrected chi connectivity index (χ4v) is 2.21. The molecule has 1 heterocycles. The van der Waals surface area contributed by atoms with Crippen LogP contribution in [0.1, 0.15) is 33.1 Å². The topological polar surface area (TPSA) is 46.3 Å². The quantitative estimate of drug-likeness (QED) is 0.665. The second-order valence-electron chi connectivity index (χ2n) is 4.04. The Kier molecular flexibility index (Phi) is 3.31. The van der Waals surface area contributed by atoms with Gasteiger partial charge in [0, 0.05) is 18.6 Å². The summed E-state index contributed by atoms with van der Waals surface area (Å²) >= 11 is 0. The monoisotopic (exact) mass is 184 g/mol. The van der Waals surface area contributed by atoms with Crippen molar-refractivity contribution in [3.8, 4) is 0 Å². The minimum Gasteiger partial charge on any atom is -0.345 e. The lowest BCUT2D eigenvalue weighted by atomic mass is 9.75. The van der Waals surface area contributed by atoms with E-state index in [9.17, 15) is 4.79 Å². The Labute approximate surface area is 80.3 Å². The number of amides is 1. The number of nitrogens with two attached hydrogens (primary N) is 1. The molecule has 0 aromatic rings. The highest BCUT2D eigenvalue weighted by Crippen LogP contribution is 2.30. The fourth-order valence-electron chi connectivity index (χ4n) is 2.21. The molecule has 1 aliphatic rings. The smallest absolute Gasteiger partial charge is 0.209 e. The molecule has 0 aromatic carbocycles. The van der Waals surface area contributed by atoms with Crippen molar-refractivity contribution in [1.82, 2.24) is 4.90 Å². The standard InChI is InChI=1S/C10H20N2O/c1-3-9-7-12(8-13)6-5-10(9,11)4-2/h8-9H,3-7,11H2,1-2H3. The molecule has 13 heavy (non-hydrogen) atoms. The molecule has 2 atom stereocenters. The van der Waals surface area contributed by atoms with Crippen molar-refractivity contribution in [3.05, 3.63) is 0 Å². The van der Waals surface area contributed by atoms with E-state index in [2.05, 4.69) is 13.8 Å². The normalized spacial score (nSPS) is 34.7. The predicted octanol–water partition coefficient (Wildman–Crippen LogP) is 0.982. The summed E-state index contributed by atoms with van der Waals surface area (Å²) in [6.07, 6.45) is 3.96. The van der Waals surface area contributed by atoms with Gasteiger partial charge in [-0.3, -0.25) is 4.79 Å². The van der Waals surface area contributed by atoms with Gasteiger partial charge in [-0.25, -0.2) is 0 Å². The third-order valence-corrected chi connectivity index (χ3v) is 3.43. The maximum absolute atomic E-state index is 10.6. The first-order chi connectivity index (χ1) is 6.16. The van der Waals surface area contributed by atoms with E-state index in [-0.39, 0.29) is 5.54 Å². The molecule has 1 saturated heterocycles. The molecule has 3 heteroatoms. The molecular weight excluding hydrogens is 164 g/mol. The van der Waals surface area contributed by atoms with Gasteiger partial charge in [0.25, 0.3) is 0 Å². The van der Waals surface area contributed by atoms with Crippen LogP contribution in [-0.2, 0) is 4.79 Å². The molecule has 0 aromatic heterocycles. The van der Waals surface area contributed by atoms with Crippen molar-refractivity contribution in [2.24, 2.45) is 11.7 Å². The number of likely N-dealkylation sites (tertiary alicyclic amines) is 1. The minimum absolute atomic E-state index is 0.0335. The molecule has 2 N–H and O–H groups in total. The van der Waals surface area contributed by atoms with Crippen molar-refractivity contribution in [2.75, 3.05) is 13.1 Å². The van der Waals surface area contributed by atoms with Crippen LogP contribution in [0, 0.1) is 5.92 Å². The summed E-state index contributed by atoms with van der Waals surface area (Å²) < 4.78 is 0. The molecule has 3 nitrogen and oxygen atoms in total. The number of hydrogen-bond donors (Lipinski definition) is 1. The van der Waals surface area contributed by atoms with Gasteiger partial charge in [-0.2, -0.15) is 0 Å². The maximum atomic E-state index is 10.6. The van der Waals surface area contributed by atoms with Crippen molar-refractivity contribution in [1.29, 1.82) is 0 Å². The summed E-state index contributed by atoms with van der Waals surface area (Å²) in [5.74, 6) is 0.469. The van der Waals surface area contributed by atoms with Gasteiger partial charge in [-0.15, -0.1) is 0 Å². The zero-order valence-electron chi connectivity index (χ0n) is 8.62. The summed E-state index contributed by atoms with van der Waals surface area (Å²) in [6, 6.07) is 0. The minimum atomic E-state index is -0.0335. The van der Waals surface area contributed by atoms with Gasteiger partial charge in [0.1, 0.15) is 0 Å². The van der Waals surface area contributed by atoms with E-state index in [1.807, 2.05) is 4.90 Å². The lowest BCUT2D eigenvalue weighted by Crippen LogP contribution is -2.56. The zero-order chi connectivity index (χ0) is 9.90. The van der Waals surface area contributed by atoms with Gasteiger partial charge < -0.3 is 10.6 Å². The van der Waals surface area contributed by atoms with Crippen LogP contribution in [0.5, 0.6) is 0 Å². The van der Waals surface area contributed by atoms with E-state index >= 15 is 0 Å². The molecule has 1 amide bonds. The largest absolute Gasteiger partial charge is 0.345 e. The Morgan fingerprint density at radius 2 is 2.31 bits per heavy atom. The van der Waals surface area contributed by atoms with Crippen molar-refractivity contribution in [2.45, 2.75) is 38.6 Å². The van der Waals surface area contributed by atoms with Gasteiger partial charge in [0.2, 0.25) is 6.41 Å². The van der Waals surface area contributed by atoms with Gasteiger partial charge in [0.05, 0.1) is 0 Å². The lowest BCUT2D eigenvalue weighted by molar-refractivity contribution is -0.120. The molecule has 0 bridgehead atoms. The molecule has 1 aliphatic heterocycles. The Hall–Kier alpha value is -0.570. The Morgan fingerprint density at radius 3 is 2.77 bits per heavy atom. The molecule has 2 unspecified atom stereocenters. The number of hydrogen-bond acceptors (Lipinski definition) is 2. The molecular formula is C10H20N2O. The third-order valence-electron chi connectivity index (χ3n) is 3.43. The Bertz CT molecular complexity index is 184. The van der Waals surface area contributed by atoms with E-state index in [1.54, 1.807) is 0 Å². The average Bonchev–Trinajstić information content (AvgIpc) is 2.18. The number of piperidine rings is 1. The Balaban J connectivity index is 2.65. The van der Waals surface area contributed by atoms with Gasteiger partial charge in [-0.05, 0) is 25.2 Å². The number of carbonyl (C=O) groups is 1. The van der Waals surface area contributed by atoms with Crippen LogP contribution in [0.2, 0.25) is 0 Å². The molecule has 1 fully saturated rings. The van der Waals surface area contributed by atoms with Gasteiger partial charge in [-0.1, -0.05) is 13.8 Å². The highest BCUT2D eigenvalue weighted by molar-refractivity contribution is 5.47. The SMILES string of the molecule is CCC1CN(C=O)CCC1(N)CC. The van der Waals surface area contributed by atoms with Crippen LogP contribution >= 0.6 is 0 Å². The summed E-state index contributed by atoms with van der Waals surface area (Å²) in [4.78, 5) is 12.4. The van der Waals surface area contributed by atoms with E-state index in [0.29, 0.717) is 5.92 Å². The summed E-state index contributed by atoms with van der Waals surface area (Å²) in [5, 5.41) is 0. The third kappa shape index (κ3) is 2.02. The first-order valence-corrected chi connectivity index (χ1v) is 5.14. The first kappa shape index (κ1) is 10.5. The molecule has 0 radical (unpaired) electrons. The van der Waals surface area contributed by atoms with E-state index in [0.717, 1.165) is 38.8 Å². The summed E-state index contributed by atoms with van der Waals surface area (Å²) in [6.45, 7) is 5.95. The predicted molar refractivity (Wildman–Crippen MR) is 53.2 cm³/mol. The van der Waals surface area contributed by atoms with E-state index < -0.39 is 0 Å². The summed E-state index contributed by atoms with van der Waals surface area (Å²) in [7, 11) is 0. The van der Waals surface area contributed by atoms with Crippen molar-refractivity contribution >= 4 is 6.41 Å². The van der Waals surface area contributed by atoms with Crippen LogP contribution in [0.25, 0.3) is 0 Å². The second kappa shape index (κ2) is 4.09. The van der Waals surface area contributed by atoms with Crippen LogP contribution in [0.4, 0.5) is 0 Å². The van der Waals surface area contributed by atoms with Crippen molar-refractivity contribution in [3.63, 3.8) is 0 Å². The molecule has 1 rings (SSSR count). The Morgan fingerprint density at radius 1 is 1.62 bits per heavy atom. The molecule has 76 valence electrons. The molecule has 0 spiro atoms. The highest BCUT2D eigenvalue weighted by Gasteiger charge is 2.36. The lowest BCUT2D eigenvalue weighted by Gasteiger charge is -2.44. The van der Waals surface area contributed by atoms with Crippen LogP contribution < -0.4 is 5.73 Å². The molecule has 0 saturated carbocycles. The molecule has 0 aliphatic carbocycles. The first-order valence-electron chi connectivity index (χ1n) is 5.14. The van der Waals surface area contributed by atoms with Gasteiger partial charge >= 0.3 is 0 Å². The number of nitrogens with zero attached hydrogens (tertiary/aromatic N) is 1. The van der Waals surface area contributed by atoms with Gasteiger partial charge in [0.15, 0.2) is 0 Å². The van der Waals surface area contributed by atoms with Crippen LogP contribution in [0.3, 0.4) is 0 Å². The fraction of sp³-hybridized carbons (Fsp3) is 0.900. The van der Waals surface area contributed by atoms with E-state index in [1.165, 1.54) is 0 Å². The number of rotatable bonds is 3. The van der Waals surface area contributed by atoms with Crippen LogP contribution in [-0.4, -0.2) is 29.9 Å². The second-order valence-corrected chi connectivity index (χ2v) is 4.04. The highest BCUT2D eigenvalue weighted by atomic mass is 16.1. The van der Waals surface area contributed by atoms with Crippen molar-refractivity contribution < 1.29 is 4.79 Å². The average molecular weight is 184 g/mol. The summed E-state index contributed by atoms with van der Waals surface area (Å²) in [5.41, 5.74) is 6.25.